The molecule has 1 heterocycles. The van der Waals surface area contributed by atoms with Crippen LogP contribution in [-0.4, -0.2) is 30.1 Å². The highest BCUT2D eigenvalue weighted by atomic mass is 15.2. The van der Waals surface area contributed by atoms with Gasteiger partial charge in [-0.1, -0.05) is 64.2 Å². The van der Waals surface area contributed by atoms with Crippen molar-refractivity contribution in [2.75, 3.05) is 13.1 Å². The van der Waals surface area contributed by atoms with Gasteiger partial charge in [0, 0.05) is 12.1 Å². The Morgan fingerprint density at radius 1 is 0.550 bits per heavy atom. The van der Waals surface area contributed by atoms with E-state index >= 15 is 0 Å². The van der Waals surface area contributed by atoms with E-state index in [4.69, 9.17) is 5.73 Å². The van der Waals surface area contributed by atoms with Crippen molar-refractivity contribution >= 4 is 0 Å². The van der Waals surface area contributed by atoms with E-state index in [1.54, 1.807) is 0 Å². The maximum Gasteiger partial charge on any atom is 0.0247 e. The highest BCUT2D eigenvalue weighted by molar-refractivity contribution is 4.83. The number of hydrogen-bond acceptors (Lipinski definition) is 2. The Morgan fingerprint density at radius 2 is 1.00 bits per heavy atom. The van der Waals surface area contributed by atoms with Crippen LogP contribution in [-0.2, 0) is 0 Å². The van der Waals surface area contributed by atoms with Crippen LogP contribution >= 0.6 is 0 Å². The summed E-state index contributed by atoms with van der Waals surface area (Å²) in [5.41, 5.74) is 6.60. The van der Waals surface area contributed by atoms with Gasteiger partial charge in [-0.25, -0.2) is 0 Å². The standard InChI is InChI=1S/C18H36N2/c19-17-13-9-5-3-1-2-4-6-10-14-18(17)20-15-11-7-8-12-16-20/h17-18H,1-16,19H2. The maximum atomic E-state index is 6.60. The zero-order valence-corrected chi connectivity index (χ0v) is 13.5. The molecule has 0 radical (unpaired) electrons. The molecule has 1 saturated heterocycles. The molecular weight excluding hydrogens is 244 g/mol. The van der Waals surface area contributed by atoms with Gasteiger partial charge in [0.15, 0.2) is 0 Å². The van der Waals surface area contributed by atoms with Crippen molar-refractivity contribution in [1.29, 1.82) is 0 Å². The second-order valence-electron chi connectivity index (χ2n) is 7.09. The lowest BCUT2D eigenvalue weighted by molar-refractivity contribution is 0.158. The molecule has 2 aliphatic rings. The van der Waals surface area contributed by atoms with Gasteiger partial charge in [0.25, 0.3) is 0 Å². The molecule has 2 atom stereocenters. The molecule has 2 unspecified atom stereocenters. The molecular formula is C18H36N2. The molecule has 2 nitrogen and oxygen atoms in total. The molecule has 118 valence electrons. The smallest absolute Gasteiger partial charge is 0.0247 e. The van der Waals surface area contributed by atoms with E-state index < -0.39 is 0 Å². The average molecular weight is 280 g/mol. The normalized spacial score (nSPS) is 32.9. The lowest BCUT2D eigenvalue weighted by Crippen LogP contribution is -2.48. The fourth-order valence-electron chi connectivity index (χ4n) is 4.08. The lowest BCUT2D eigenvalue weighted by Gasteiger charge is -2.35. The van der Waals surface area contributed by atoms with E-state index in [-0.39, 0.29) is 0 Å². The quantitative estimate of drug-likeness (QED) is 0.767. The second kappa shape index (κ2) is 9.78. The van der Waals surface area contributed by atoms with Gasteiger partial charge in [-0.05, 0) is 38.8 Å². The van der Waals surface area contributed by atoms with Crippen molar-refractivity contribution in [3.05, 3.63) is 0 Å². The van der Waals surface area contributed by atoms with Crippen LogP contribution in [0.5, 0.6) is 0 Å². The topological polar surface area (TPSA) is 29.3 Å². The molecule has 1 aliphatic heterocycles. The predicted octanol–water partition coefficient (Wildman–Crippen LogP) is 4.47. The molecule has 0 aromatic carbocycles. The minimum Gasteiger partial charge on any atom is -0.326 e. The van der Waals surface area contributed by atoms with Crippen LogP contribution in [0.3, 0.4) is 0 Å². The molecule has 20 heavy (non-hydrogen) atoms. The number of hydrogen-bond donors (Lipinski definition) is 1. The Bertz CT molecular complexity index is 234. The Kier molecular flexibility index (Phi) is 7.97. The molecule has 2 N–H and O–H groups in total. The largest absolute Gasteiger partial charge is 0.326 e. The number of rotatable bonds is 1. The van der Waals surface area contributed by atoms with Crippen LogP contribution in [0.15, 0.2) is 0 Å². The molecule has 0 bridgehead atoms. The highest BCUT2D eigenvalue weighted by Crippen LogP contribution is 2.22. The SMILES string of the molecule is NC1CCCCCCCCCCC1N1CCCCCC1. The molecule has 0 aromatic heterocycles. The molecule has 0 amide bonds. The Balaban J connectivity index is 1.89. The van der Waals surface area contributed by atoms with Crippen molar-refractivity contribution in [3.63, 3.8) is 0 Å². The fourth-order valence-corrected chi connectivity index (χ4v) is 4.08. The van der Waals surface area contributed by atoms with E-state index in [1.165, 1.54) is 103 Å². The second-order valence-corrected chi connectivity index (χ2v) is 7.09. The van der Waals surface area contributed by atoms with Crippen molar-refractivity contribution in [2.24, 2.45) is 5.73 Å². The molecule has 1 saturated carbocycles. The zero-order valence-electron chi connectivity index (χ0n) is 13.5. The maximum absolute atomic E-state index is 6.60. The van der Waals surface area contributed by atoms with Gasteiger partial charge in [-0.2, -0.15) is 0 Å². The summed E-state index contributed by atoms with van der Waals surface area (Å²) in [7, 11) is 0. The molecule has 2 fully saturated rings. The average Bonchev–Trinajstić information content (AvgIpc) is 2.72. The van der Waals surface area contributed by atoms with Crippen molar-refractivity contribution in [1.82, 2.24) is 4.90 Å². The van der Waals surface area contributed by atoms with E-state index in [1.807, 2.05) is 0 Å². The van der Waals surface area contributed by atoms with E-state index in [0.29, 0.717) is 12.1 Å². The van der Waals surface area contributed by atoms with Crippen molar-refractivity contribution < 1.29 is 0 Å². The van der Waals surface area contributed by atoms with Crippen LogP contribution in [0, 0.1) is 0 Å². The Labute approximate surface area is 126 Å². The summed E-state index contributed by atoms with van der Waals surface area (Å²) in [6, 6.07) is 1.10. The molecule has 0 spiro atoms. The van der Waals surface area contributed by atoms with Crippen LogP contribution in [0.1, 0.15) is 89.9 Å². The summed E-state index contributed by atoms with van der Waals surface area (Å²) >= 11 is 0. The fraction of sp³-hybridized carbons (Fsp3) is 1.00. The van der Waals surface area contributed by atoms with E-state index in [2.05, 4.69) is 4.90 Å². The number of likely N-dealkylation sites (tertiary alicyclic amines) is 1. The number of nitrogens with zero attached hydrogens (tertiary/aromatic N) is 1. The first-order valence-electron chi connectivity index (χ1n) is 9.37. The predicted molar refractivity (Wildman–Crippen MR) is 88.0 cm³/mol. The van der Waals surface area contributed by atoms with Crippen LogP contribution < -0.4 is 5.73 Å². The molecule has 0 aromatic rings. The first-order chi connectivity index (χ1) is 9.88. The first-order valence-corrected chi connectivity index (χ1v) is 9.37. The summed E-state index contributed by atoms with van der Waals surface area (Å²) in [6.45, 7) is 2.61. The third-order valence-corrected chi connectivity index (χ3v) is 5.39. The minimum absolute atomic E-state index is 0.424. The third-order valence-electron chi connectivity index (χ3n) is 5.39. The Morgan fingerprint density at radius 3 is 1.60 bits per heavy atom. The van der Waals surface area contributed by atoms with Gasteiger partial charge >= 0.3 is 0 Å². The van der Waals surface area contributed by atoms with E-state index in [0.717, 1.165) is 0 Å². The van der Waals surface area contributed by atoms with Gasteiger partial charge in [0.05, 0.1) is 0 Å². The van der Waals surface area contributed by atoms with Gasteiger partial charge in [-0.15, -0.1) is 0 Å². The monoisotopic (exact) mass is 280 g/mol. The van der Waals surface area contributed by atoms with Gasteiger partial charge < -0.3 is 5.73 Å². The van der Waals surface area contributed by atoms with Crippen LogP contribution in [0.2, 0.25) is 0 Å². The highest BCUT2D eigenvalue weighted by Gasteiger charge is 2.25. The molecule has 1 aliphatic carbocycles. The van der Waals surface area contributed by atoms with Crippen LogP contribution in [0.25, 0.3) is 0 Å². The van der Waals surface area contributed by atoms with Crippen molar-refractivity contribution in [3.8, 4) is 0 Å². The molecule has 2 rings (SSSR count). The Hall–Kier alpha value is -0.0800. The summed E-state index contributed by atoms with van der Waals surface area (Å²) in [5.74, 6) is 0. The summed E-state index contributed by atoms with van der Waals surface area (Å²) in [5, 5.41) is 0. The minimum atomic E-state index is 0.424. The van der Waals surface area contributed by atoms with Gasteiger partial charge in [-0.3, -0.25) is 4.90 Å². The first kappa shape index (κ1) is 16.3. The summed E-state index contributed by atoms with van der Waals surface area (Å²) in [4.78, 5) is 2.75. The number of nitrogens with two attached hydrogens (primary N) is 1. The molecule has 2 heteroatoms. The summed E-state index contributed by atoms with van der Waals surface area (Å²) < 4.78 is 0. The summed E-state index contributed by atoms with van der Waals surface area (Å²) in [6.07, 6.45) is 19.6. The van der Waals surface area contributed by atoms with E-state index in [9.17, 15) is 0 Å². The van der Waals surface area contributed by atoms with Crippen LogP contribution in [0.4, 0.5) is 0 Å². The van der Waals surface area contributed by atoms with Crippen molar-refractivity contribution in [2.45, 2.75) is 102 Å². The van der Waals surface area contributed by atoms with Gasteiger partial charge in [0.2, 0.25) is 0 Å². The zero-order chi connectivity index (χ0) is 14.0. The third kappa shape index (κ3) is 5.73. The van der Waals surface area contributed by atoms with Gasteiger partial charge in [0.1, 0.15) is 0 Å². The lowest BCUT2D eigenvalue weighted by atomic mass is 9.93.